The molecule has 1 saturated heterocycles. The SMILES string of the molecule is CC(=O)Nc1ccccc1C(=O)N1CCC(N(C)C(=O)OC(C)(C)C)CC1. The van der Waals surface area contributed by atoms with Gasteiger partial charge in [0.1, 0.15) is 5.60 Å². The van der Waals surface area contributed by atoms with E-state index < -0.39 is 5.60 Å². The zero-order valence-corrected chi connectivity index (χ0v) is 16.7. The number of ether oxygens (including phenoxy) is 1. The van der Waals surface area contributed by atoms with E-state index in [9.17, 15) is 14.4 Å². The molecule has 2 rings (SSSR count). The molecule has 0 bridgehead atoms. The molecule has 0 radical (unpaired) electrons. The molecular formula is C20H29N3O4. The maximum atomic E-state index is 12.9. The van der Waals surface area contributed by atoms with E-state index in [2.05, 4.69) is 5.32 Å². The van der Waals surface area contributed by atoms with Gasteiger partial charge in [0.25, 0.3) is 5.91 Å². The van der Waals surface area contributed by atoms with Gasteiger partial charge in [-0.15, -0.1) is 0 Å². The first-order valence-corrected chi connectivity index (χ1v) is 9.20. The van der Waals surface area contributed by atoms with Crippen molar-refractivity contribution in [2.24, 2.45) is 0 Å². The highest BCUT2D eigenvalue weighted by molar-refractivity contribution is 6.03. The summed E-state index contributed by atoms with van der Waals surface area (Å²) in [7, 11) is 1.74. The van der Waals surface area contributed by atoms with Gasteiger partial charge < -0.3 is 19.9 Å². The fraction of sp³-hybridized carbons (Fsp3) is 0.550. The van der Waals surface area contributed by atoms with Gasteiger partial charge >= 0.3 is 6.09 Å². The van der Waals surface area contributed by atoms with E-state index >= 15 is 0 Å². The Balaban J connectivity index is 1.99. The molecule has 148 valence electrons. The number of hydrogen-bond donors (Lipinski definition) is 1. The van der Waals surface area contributed by atoms with Gasteiger partial charge in [-0.2, -0.15) is 0 Å². The quantitative estimate of drug-likeness (QED) is 0.880. The minimum absolute atomic E-state index is 0.0366. The van der Waals surface area contributed by atoms with Crippen molar-refractivity contribution in [1.29, 1.82) is 0 Å². The third kappa shape index (κ3) is 5.70. The highest BCUT2D eigenvalue weighted by Crippen LogP contribution is 2.22. The lowest BCUT2D eigenvalue weighted by Gasteiger charge is -2.37. The molecule has 7 heteroatoms. The van der Waals surface area contributed by atoms with Crippen LogP contribution in [-0.2, 0) is 9.53 Å². The number of carbonyl (C=O) groups is 3. The third-order valence-electron chi connectivity index (χ3n) is 4.45. The minimum Gasteiger partial charge on any atom is -0.444 e. The fourth-order valence-corrected chi connectivity index (χ4v) is 3.08. The number of nitrogens with zero attached hydrogens (tertiary/aromatic N) is 2. The second-order valence-electron chi connectivity index (χ2n) is 7.84. The van der Waals surface area contributed by atoms with E-state index in [-0.39, 0.29) is 23.9 Å². The number of nitrogens with one attached hydrogen (secondary N) is 1. The summed E-state index contributed by atoms with van der Waals surface area (Å²) in [5.74, 6) is -0.328. The molecule has 0 aliphatic carbocycles. The van der Waals surface area contributed by atoms with Crippen LogP contribution in [0.5, 0.6) is 0 Å². The lowest BCUT2D eigenvalue weighted by molar-refractivity contribution is -0.114. The van der Waals surface area contributed by atoms with Crippen LogP contribution in [0.4, 0.5) is 10.5 Å². The normalized spacial score (nSPS) is 15.2. The Kier molecular flexibility index (Phi) is 6.46. The molecule has 27 heavy (non-hydrogen) atoms. The second-order valence-corrected chi connectivity index (χ2v) is 7.84. The zero-order chi connectivity index (χ0) is 20.2. The Morgan fingerprint density at radius 2 is 1.74 bits per heavy atom. The summed E-state index contributed by atoms with van der Waals surface area (Å²) in [5, 5.41) is 2.70. The molecular weight excluding hydrogens is 346 g/mol. The lowest BCUT2D eigenvalue weighted by Crippen LogP contribution is -2.48. The van der Waals surface area contributed by atoms with Gasteiger partial charge in [0, 0.05) is 33.1 Å². The van der Waals surface area contributed by atoms with Gasteiger partial charge in [0.2, 0.25) is 5.91 Å². The van der Waals surface area contributed by atoms with Crippen LogP contribution in [0.2, 0.25) is 0 Å². The van der Waals surface area contributed by atoms with Crippen LogP contribution in [0.3, 0.4) is 0 Å². The summed E-state index contributed by atoms with van der Waals surface area (Å²) < 4.78 is 5.42. The molecule has 1 fully saturated rings. The predicted molar refractivity (Wildman–Crippen MR) is 104 cm³/mol. The van der Waals surface area contributed by atoms with Crippen LogP contribution < -0.4 is 5.32 Å². The number of likely N-dealkylation sites (tertiary alicyclic amines) is 1. The van der Waals surface area contributed by atoms with Crippen LogP contribution in [0.25, 0.3) is 0 Å². The second kappa shape index (κ2) is 8.41. The van der Waals surface area contributed by atoms with Crippen molar-refractivity contribution >= 4 is 23.6 Å². The first-order valence-electron chi connectivity index (χ1n) is 9.20. The first-order chi connectivity index (χ1) is 12.6. The van der Waals surface area contributed by atoms with Gasteiger partial charge in [-0.1, -0.05) is 12.1 Å². The van der Waals surface area contributed by atoms with E-state index in [0.717, 1.165) is 0 Å². The summed E-state index contributed by atoms with van der Waals surface area (Å²) >= 11 is 0. The molecule has 0 atom stereocenters. The molecule has 1 aromatic carbocycles. The van der Waals surface area contributed by atoms with Crippen LogP contribution in [0.15, 0.2) is 24.3 Å². The molecule has 7 nitrogen and oxygen atoms in total. The van der Waals surface area contributed by atoms with Gasteiger partial charge in [0.05, 0.1) is 11.3 Å². The van der Waals surface area contributed by atoms with E-state index in [4.69, 9.17) is 4.74 Å². The summed E-state index contributed by atoms with van der Waals surface area (Å²) in [6.45, 7) is 8.03. The highest BCUT2D eigenvalue weighted by atomic mass is 16.6. The van der Waals surface area contributed by atoms with E-state index in [1.165, 1.54) is 6.92 Å². The van der Waals surface area contributed by atoms with Gasteiger partial charge in [-0.25, -0.2) is 4.79 Å². The van der Waals surface area contributed by atoms with Crippen LogP contribution in [-0.4, -0.2) is 59.5 Å². The molecule has 0 spiro atoms. The molecule has 0 saturated carbocycles. The smallest absolute Gasteiger partial charge is 0.410 e. The van der Waals surface area contributed by atoms with Crippen molar-refractivity contribution < 1.29 is 19.1 Å². The standard InChI is InChI=1S/C20H29N3O4/c1-14(24)21-17-9-7-6-8-16(17)18(25)23-12-10-15(11-13-23)22(5)19(26)27-20(2,3)4/h6-9,15H,10-13H2,1-5H3,(H,21,24). The largest absolute Gasteiger partial charge is 0.444 e. The summed E-state index contributed by atoms with van der Waals surface area (Å²) in [6.07, 6.45) is 1.02. The topological polar surface area (TPSA) is 79.0 Å². The number of hydrogen-bond acceptors (Lipinski definition) is 4. The first kappa shape index (κ1) is 20.7. The average molecular weight is 375 g/mol. The van der Waals surface area contributed by atoms with Crippen LogP contribution in [0.1, 0.15) is 50.9 Å². The minimum atomic E-state index is -0.532. The average Bonchev–Trinajstić information content (AvgIpc) is 2.59. The Morgan fingerprint density at radius 1 is 1.15 bits per heavy atom. The zero-order valence-electron chi connectivity index (χ0n) is 16.7. The molecule has 3 amide bonds. The van der Waals surface area contributed by atoms with Crippen molar-refractivity contribution in [2.75, 3.05) is 25.5 Å². The Hall–Kier alpha value is -2.57. The molecule has 0 aromatic heterocycles. The molecule has 0 unspecified atom stereocenters. The Labute approximate surface area is 160 Å². The molecule has 1 aliphatic rings. The van der Waals surface area contributed by atoms with E-state index in [1.54, 1.807) is 41.1 Å². The number of amides is 3. The van der Waals surface area contributed by atoms with Crippen molar-refractivity contribution in [2.45, 2.75) is 52.2 Å². The maximum absolute atomic E-state index is 12.9. The lowest BCUT2D eigenvalue weighted by atomic mass is 10.0. The van der Waals surface area contributed by atoms with Crippen molar-refractivity contribution in [1.82, 2.24) is 9.80 Å². The monoisotopic (exact) mass is 375 g/mol. The van der Waals surface area contributed by atoms with E-state index in [1.807, 2.05) is 20.8 Å². The molecule has 1 N–H and O–H groups in total. The van der Waals surface area contributed by atoms with Crippen molar-refractivity contribution in [3.63, 3.8) is 0 Å². The highest BCUT2D eigenvalue weighted by Gasteiger charge is 2.30. The number of para-hydroxylation sites is 1. The summed E-state index contributed by atoms with van der Waals surface area (Å²) in [5.41, 5.74) is 0.463. The van der Waals surface area contributed by atoms with Crippen molar-refractivity contribution in [3.05, 3.63) is 29.8 Å². The predicted octanol–water partition coefficient (Wildman–Crippen LogP) is 3.12. The summed E-state index contributed by atoms with van der Waals surface area (Å²) in [6, 6.07) is 7.03. The third-order valence-corrected chi connectivity index (χ3v) is 4.45. The maximum Gasteiger partial charge on any atom is 0.410 e. The van der Waals surface area contributed by atoms with Crippen LogP contribution >= 0.6 is 0 Å². The molecule has 1 aliphatic heterocycles. The number of carbonyl (C=O) groups excluding carboxylic acids is 3. The summed E-state index contributed by atoms with van der Waals surface area (Å²) in [4.78, 5) is 39.8. The number of benzene rings is 1. The number of piperidine rings is 1. The van der Waals surface area contributed by atoms with Gasteiger partial charge in [0.15, 0.2) is 0 Å². The Bertz CT molecular complexity index is 703. The molecule has 1 aromatic rings. The fourth-order valence-electron chi connectivity index (χ4n) is 3.08. The number of anilines is 1. The van der Waals surface area contributed by atoms with E-state index in [0.29, 0.717) is 37.2 Å². The number of rotatable bonds is 3. The van der Waals surface area contributed by atoms with Gasteiger partial charge in [-0.05, 0) is 45.7 Å². The Morgan fingerprint density at radius 3 is 2.30 bits per heavy atom. The van der Waals surface area contributed by atoms with Crippen LogP contribution in [0, 0.1) is 0 Å². The van der Waals surface area contributed by atoms with Gasteiger partial charge in [-0.3, -0.25) is 9.59 Å². The van der Waals surface area contributed by atoms with Crippen molar-refractivity contribution in [3.8, 4) is 0 Å². The molecule has 1 heterocycles.